The zero-order valence-electron chi connectivity index (χ0n) is 17.7. The maximum atomic E-state index is 13.1. The number of ether oxygens (including phenoxy) is 1. The fourth-order valence-corrected chi connectivity index (χ4v) is 4.02. The molecule has 0 saturated carbocycles. The second-order valence-corrected chi connectivity index (χ2v) is 8.53. The smallest absolute Gasteiger partial charge is 0.262 e. The summed E-state index contributed by atoms with van der Waals surface area (Å²) in [5.74, 6) is 2.60. The third kappa shape index (κ3) is 4.80. The molecule has 160 valence electrons. The van der Waals surface area contributed by atoms with Crippen molar-refractivity contribution in [3.05, 3.63) is 64.8 Å². The van der Waals surface area contributed by atoms with Crippen molar-refractivity contribution < 1.29 is 9.26 Å². The Morgan fingerprint density at radius 2 is 1.97 bits per heavy atom. The lowest BCUT2D eigenvalue weighted by Crippen LogP contribution is -2.24. The number of methoxy groups -OCH3 is 1. The molecule has 2 heterocycles. The number of hydrogen-bond donors (Lipinski definition) is 0. The average molecular weight is 437 g/mol. The maximum Gasteiger partial charge on any atom is 0.262 e. The van der Waals surface area contributed by atoms with E-state index < -0.39 is 0 Å². The van der Waals surface area contributed by atoms with Crippen molar-refractivity contribution in [1.82, 2.24) is 19.7 Å². The Morgan fingerprint density at radius 3 is 2.77 bits per heavy atom. The Bertz CT molecular complexity index is 1250. The van der Waals surface area contributed by atoms with Crippen molar-refractivity contribution in [3.8, 4) is 17.1 Å². The first kappa shape index (κ1) is 21.1. The Kier molecular flexibility index (Phi) is 6.36. The molecule has 0 bridgehead atoms. The SMILES string of the molecule is COc1cccc(-c2noc(CSc3nc4ccccc4c(=O)n3CCC(C)C)n2)c1. The van der Waals surface area contributed by atoms with Crippen LogP contribution in [0.3, 0.4) is 0 Å². The molecule has 8 heteroatoms. The van der Waals surface area contributed by atoms with Crippen LogP contribution in [-0.2, 0) is 12.3 Å². The quantitative estimate of drug-likeness (QED) is 0.290. The predicted molar refractivity (Wildman–Crippen MR) is 121 cm³/mol. The molecular formula is C23H24N4O3S. The summed E-state index contributed by atoms with van der Waals surface area (Å²) in [4.78, 5) is 22.3. The molecule has 2 aromatic heterocycles. The molecule has 0 unspecified atom stereocenters. The predicted octanol–water partition coefficient (Wildman–Crippen LogP) is 4.79. The molecule has 0 aliphatic heterocycles. The molecule has 31 heavy (non-hydrogen) atoms. The zero-order chi connectivity index (χ0) is 21.8. The van der Waals surface area contributed by atoms with E-state index in [-0.39, 0.29) is 5.56 Å². The van der Waals surface area contributed by atoms with Gasteiger partial charge < -0.3 is 9.26 Å². The average Bonchev–Trinajstić information content (AvgIpc) is 3.26. The fraction of sp³-hybridized carbons (Fsp3) is 0.304. The van der Waals surface area contributed by atoms with Crippen LogP contribution in [0.15, 0.2) is 63.0 Å². The van der Waals surface area contributed by atoms with Crippen molar-refractivity contribution in [3.63, 3.8) is 0 Å². The minimum Gasteiger partial charge on any atom is -0.497 e. The van der Waals surface area contributed by atoms with Gasteiger partial charge in [0.15, 0.2) is 5.16 Å². The lowest BCUT2D eigenvalue weighted by molar-refractivity contribution is 0.391. The van der Waals surface area contributed by atoms with Gasteiger partial charge in [-0.3, -0.25) is 9.36 Å². The molecule has 0 fully saturated rings. The molecule has 0 amide bonds. The van der Waals surface area contributed by atoms with Gasteiger partial charge >= 0.3 is 0 Å². The number of benzene rings is 2. The minimum absolute atomic E-state index is 0.0173. The zero-order valence-corrected chi connectivity index (χ0v) is 18.6. The molecule has 7 nitrogen and oxygen atoms in total. The molecule has 0 saturated heterocycles. The van der Waals surface area contributed by atoms with E-state index in [9.17, 15) is 4.79 Å². The fourth-order valence-electron chi connectivity index (χ4n) is 3.16. The summed E-state index contributed by atoms with van der Waals surface area (Å²) >= 11 is 1.43. The van der Waals surface area contributed by atoms with Gasteiger partial charge in [-0.15, -0.1) is 0 Å². The van der Waals surface area contributed by atoms with Gasteiger partial charge in [0, 0.05) is 12.1 Å². The van der Waals surface area contributed by atoms with Crippen LogP contribution in [0, 0.1) is 5.92 Å². The summed E-state index contributed by atoms with van der Waals surface area (Å²) in [6.07, 6.45) is 0.897. The summed E-state index contributed by atoms with van der Waals surface area (Å²) in [6.45, 7) is 4.91. The monoisotopic (exact) mass is 436 g/mol. The van der Waals surface area contributed by atoms with E-state index in [1.54, 1.807) is 11.7 Å². The minimum atomic E-state index is -0.0173. The van der Waals surface area contributed by atoms with E-state index in [0.717, 1.165) is 17.7 Å². The lowest BCUT2D eigenvalue weighted by atomic mass is 10.1. The van der Waals surface area contributed by atoms with Crippen molar-refractivity contribution >= 4 is 22.7 Å². The topological polar surface area (TPSA) is 83.0 Å². The van der Waals surface area contributed by atoms with E-state index >= 15 is 0 Å². The highest BCUT2D eigenvalue weighted by Gasteiger charge is 2.15. The van der Waals surface area contributed by atoms with Crippen LogP contribution in [0.2, 0.25) is 0 Å². The summed E-state index contributed by atoms with van der Waals surface area (Å²) in [6, 6.07) is 14.9. The number of fused-ring (bicyclic) bond motifs is 1. The number of thioether (sulfide) groups is 1. The number of para-hydroxylation sites is 1. The first-order valence-electron chi connectivity index (χ1n) is 10.1. The van der Waals surface area contributed by atoms with Crippen LogP contribution < -0.4 is 10.3 Å². The third-order valence-electron chi connectivity index (χ3n) is 4.88. The number of rotatable bonds is 8. The highest BCUT2D eigenvalue weighted by atomic mass is 32.2. The third-order valence-corrected chi connectivity index (χ3v) is 5.84. The summed E-state index contributed by atoms with van der Waals surface area (Å²) in [5.41, 5.74) is 1.49. The molecule has 2 aromatic carbocycles. The van der Waals surface area contributed by atoms with Gasteiger partial charge in [0.25, 0.3) is 5.56 Å². The Labute approximate surface area is 184 Å². The molecule has 0 aliphatic carbocycles. The molecule has 0 aliphatic rings. The molecule has 0 atom stereocenters. The highest BCUT2D eigenvalue weighted by Crippen LogP contribution is 2.25. The van der Waals surface area contributed by atoms with E-state index in [4.69, 9.17) is 14.2 Å². The number of hydrogen-bond acceptors (Lipinski definition) is 7. The lowest BCUT2D eigenvalue weighted by Gasteiger charge is -2.13. The van der Waals surface area contributed by atoms with Crippen LogP contribution in [0.4, 0.5) is 0 Å². The van der Waals surface area contributed by atoms with Gasteiger partial charge in [-0.05, 0) is 36.6 Å². The van der Waals surface area contributed by atoms with Gasteiger partial charge in [0.05, 0.1) is 23.8 Å². The van der Waals surface area contributed by atoms with Gasteiger partial charge in [-0.25, -0.2) is 4.98 Å². The van der Waals surface area contributed by atoms with Crippen molar-refractivity contribution in [1.29, 1.82) is 0 Å². The van der Waals surface area contributed by atoms with Crippen molar-refractivity contribution in [2.45, 2.75) is 37.7 Å². The molecule has 4 aromatic rings. The van der Waals surface area contributed by atoms with Crippen LogP contribution in [0.25, 0.3) is 22.3 Å². The molecule has 0 radical (unpaired) electrons. The van der Waals surface area contributed by atoms with E-state index in [1.807, 2.05) is 48.5 Å². The van der Waals surface area contributed by atoms with E-state index in [0.29, 0.717) is 46.0 Å². The molecular weight excluding hydrogens is 412 g/mol. The van der Waals surface area contributed by atoms with Crippen LogP contribution in [0.1, 0.15) is 26.2 Å². The van der Waals surface area contributed by atoms with Crippen molar-refractivity contribution in [2.75, 3.05) is 7.11 Å². The maximum absolute atomic E-state index is 13.1. The van der Waals surface area contributed by atoms with Crippen LogP contribution in [-0.4, -0.2) is 26.8 Å². The van der Waals surface area contributed by atoms with Crippen LogP contribution in [0.5, 0.6) is 5.75 Å². The normalized spacial score (nSPS) is 11.4. The van der Waals surface area contributed by atoms with Crippen LogP contribution >= 0.6 is 11.8 Å². The Balaban J connectivity index is 1.59. The van der Waals surface area contributed by atoms with Gasteiger partial charge in [-0.1, -0.05) is 55.0 Å². The standard InChI is InChI=1S/C23H24N4O3S/c1-15(2)11-12-27-22(28)18-9-4-5-10-19(18)24-23(27)31-14-20-25-21(26-30-20)16-7-6-8-17(13-16)29-3/h4-10,13,15H,11-12,14H2,1-3H3. The Morgan fingerprint density at radius 1 is 1.13 bits per heavy atom. The van der Waals surface area contributed by atoms with Gasteiger partial charge in [-0.2, -0.15) is 4.98 Å². The second-order valence-electron chi connectivity index (χ2n) is 7.58. The Hall–Kier alpha value is -3.13. The molecule has 0 N–H and O–H groups in total. The summed E-state index contributed by atoms with van der Waals surface area (Å²) < 4.78 is 12.4. The van der Waals surface area contributed by atoms with Gasteiger partial charge in [0.1, 0.15) is 5.75 Å². The largest absolute Gasteiger partial charge is 0.497 e. The second kappa shape index (κ2) is 9.34. The number of aromatic nitrogens is 4. The summed E-state index contributed by atoms with van der Waals surface area (Å²) in [5, 5.41) is 5.37. The van der Waals surface area contributed by atoms with E-state index in [1.165, 1.54) is 11.8 Å². The number of nitrogens with zero attached hydrogens (tertiary/aromatic N) is 4. The summed E-state index contributed by atoms with van der Waals surface area (Å²) in [7, 11) is 1.62. The molecule has 4 rings (SSSR count). The first-order valence-corrected chi connectivity index (χ1v) is 11.1. The van der Waals surface area contributed by atoms with E-state index in [2.05, 4.69) is 24.0 Å². The first-order chi connectivity index (χ1) is 15.0. The highest BCUT2D eigenvalue weighted by molar-refractivity contribution is 7.98. The van der Waals surface area contributed by atoms with Gasteiger partial charge in [0.2, 0.25) is 11.7 Å². The van der Waals surface area contributed by atoms with Crippen molar-refractivity contribution in [2.24, 2.45) is 5.92 Å². The molecule has 0 spiro atoms.